The third kappa shape index (κ3) is 21.1. The first-order valence-electron chi connectivity index (χ1n) is 13.8. The van der Waals surface area contributed by atoms with E-state index in [0.29, 0.717) is 0 Å². The number of rotatable bonds is 22. The van der Waals surface area contributed by atoms with Crippen molar-refractivity contribution in [2.45, 2.75) is 148 Å². The van der Waals surface area contributed by atoms with Gasteiger partial charge in [-0.2, -0.15) is 0 Å². The van der Waals surface area contributed by atoms with Crippen molar-refractivity contribution in [3.8, 4) is 0 Å². The molecule has 0 N–H and O–H groups in total. The van der Waals surface area contributed by atoms with E-state index in [2.05, 4.69) is 58.3 Å². The van der Waals surface area contributed by atoms with Crippen LogP contribution in [0, 0.1) is 0 Å². The largest absolute Gasteiger partial charge is 0.374 e. The maximum Gasteiger partial charge on any atom is 0.0311 e. The van der Waals surface area contributed by atoms with E-state index < -0.39 is 0 Å². The molecule has 0 fully saturated rings. The monoisotopic (exact) mass is 436 g/mol. The van der Waals surface area contributed by atoms with Gasteiger partial charge in [0.1, 0.15) is 0 Å². The van der Waals surface area contributed by atoms with Gasteiger partial charge in [-0.25, -0.2) is 0 Å². The van der Waals surface area contributed by atoms with Gasteiger partial charge in [0.05, 0.1) is 0 Å². The number of nitrogens with zero attached hydrogens (tertiary/aromatic N) is 2. The first-order chi connectivity index (χ1) is 14.7. The zero-order chi connectivity index (χ0) is 23.4. The van der Waals surface area contributed by atoms with Gasteiger partial charge in [-0.05, 0) is 60.7 Å². The topological polar surface area (TPSA) is 6.48 Å². The molecule has 0 atom stereocenters. The highest BCUT2D eigenvalue weighted by Crippen LogP contribution is 2.20. The maximum absolute atomic E-state index is 4.27. The van der Waals surface area contributed by atoms with Crippen LogP contribution in [0.3, 0.4) is 0 Å². The van der Waals surface area contributed by atoms with Crippen LogP contribution in [0.15, 0.2) is 12.3 Å². The van der Waals surface area contributed by atoms with Gasteiger partial charge in [0, 0.05) is 18.3 Å². The van der Waals surface area contributed by atoms with Crippen molar-refractivity contribution in [3.63, 3.8) is 0 Å². The van der Waals surface area contributed by atoms with E-state index in [1.807, 2.05) is 0 Å². The summed E-state index contributed by atoms with van der Waals surface area (Å²) < 4.78 is 0. The van der Waals surface area contributed by atoms with Crippen LogP contribution in [0.1, 0.15) is 143 Å². The van der Waals surface area contributed by atoms with Crippen LogP contribution < -0.4 is 0 Å². The SMILES string of the molecule is C=C(CCCCCCCCCCCCCCCCCCCCN(C)C)N(C)C(C)(C)C. The van der Waals surface area contributed by atoms with E-state index in [9.17, 15) is 0 Å². The predicted octanol–water partition coefficient (Wildman–Crippen LogP) is 9.20. The van der Waals surface area contributed by atoms with Crippen LogP contribution in [-0.4, -0.2) is 43.0 Å². The lowest BCUT2D eigenvalue weighted by molar-refractivity contribution is 0.220. The van der Waals surface area contributed by atoms with E-state index in [1.165, 1.54) is 128 Å². The molecule has 0 aromatic heterocycles. The molecule has 0 bridgehead atoms. The molecule has 0 saturated heterocycles. The van der Waals surface area contributed by atoms with E-state index in [4.69, 9.17) is 0 Å². The molecule has 0 spiro atoms. The molecule has 2 heteroatoms. The molecule has 0 aliphatic heterocycles. The van der Waals surface area contributed by atoms with E-state index >= 15 is 0 Å². The molecule has 0 aliphatic rings. The van der Waals surface area contributed by atoms with E-state index in [-0.39, 0.29) is 5.54 Å². The van der Waals surface area contributed by atoms with Gasteiger partial charge in [-0.15, -0.1) is 0 Å². The first-order valence-corrected chi connectivity index (χ1v) is 13.8. The molecule has 0 aromatic carbocycles. The Bertz CT molecular complexity index is 394. The van der Waals surface area contributed by atoms with Gasteiger partial charge < -0.3 is 9.80 Å². The zero-order valence-electron chi connectivity index (χ0n) is 22.7. The Morgan fingerprint density at radius 1 is 0.516 bits per heavy atom. The Kier molecular flexibility index (Phi) is 19.8. The Hall–Kier alpha value is -0.500. The number of allylic oxidation sites excluding steroid dienone is 1. The minimum absolute atomic E-state index is 0.197. The van der Waals surface area contributed by atoms with Gasteiger partial charge in [-0.3, -0.25) is 0 Å². The highest BCUT2D eigenvalue weighted by atomic mass is 15.2. The molecule has 0 rings (SSSR count). The average Bonchev–Trinajstić information content (AvgIpc) is 2.70. The van der Waals surface area contributed by atoms with Gasteiger partial charge in [0.2, 0.25) is 0 Å². The molecule has 31 heavy (non-hydrogen) atoms. The average molecular weight is 437 g/mol. The first kappa shape index (κ1) is 30.5. The van der Waals surface area contributed by atoms with Crippen LogP contribution in [-0.2, 0) is 0 Å². The molecule has 186 valence electrons. The smallest absolute Gasteiger partial charge is 0.0311 e. The Balaban J connectivity index is 3.20. The Labute approximate surface area is 198 Å². The summed E-state index contributed by atoms with van der Waals surface area (Å²) in [4.78, 5) is 4.63. The standard InChI is InChI=1S/C29H60N2/c1-28(31(7)29(2,3)4)26-24-22-20-18-16-14-12-10-8-9-11-13-15-17-19-21-23-25-27-30(5)6/h1,8-27H2,2-7H3. The number of hydrogen-bond acceptors (Lipinski definition) is 2. The third-order valence-corrected chi connectivity index (χ3v) is 6.80. The van der Waals surface area contributed by atoms with Crippen LogP contribution in [0.4, 0.5) is 0 Å². The van der Waals surface area contributed by atoms with E-state index in [1.54, 1.807) is 0 Å². The summed E-state index contributed by atoms with van der Waals surface area (Å²) >= 11 is 0. The number of hydrogen-bond donors (Lipinski definition) is 0. The molecule has 0 amide bonds. The predicted molar refractivity (Wildman–Crippen MR) is 143 cm³/mol. The van der Waals surface area contributed by atoms with Crippen molar-refractivity contribution in [1.82, 2.24) is 9.80 Å². The van der Waals surface area contributed by atoms with E-state index in [0.717, 1.165) is 6.42 Å². The van der Waals surface area contributed by atoms with Crippen molar-refractivity contribution in [2.75, 3.05) is 27.7 Å². The van der Waals surface area contributed by atoms with Gasteiger partial charge in [0.15, 0.2) is 0 Å². The van der Waals surface area contributed by atoms with Gasteiger partial charge >= 0.3 is 0 Å². The minimum Gasteiger partial charge on any atom is -0.374 e. The maximum atomic E-state index is 4.27. The molecule has 0 aliphatic carbocycles. The fourth-order valence-corrected chi connectivity index (χ4v) is 4.23. The summed E-state index contributed by atoms with van der Waals surface area (Å²) in [5, 5.41) is 0. The highest BCUT2D eigenvalue weighted by Gasteiger charge is 2.17. The van der Waals surface area contributed by atoms with Crippen LogP contribution in [0.5, 0.6) is 0 Å². The van der Waals surface area contributed by atoms with Crippen LogP contribution in [0.25, 0.3) is 0 Å². The third-order valence-electron chi connectivity index (χ3n) is 6.80. The van der Waals surface area contributed by atoms with Gasteiger partial charge in [-0.1, -0.05) is 109 Å². The lowest BCUT2D eigenvalue weighted by atomic mass is 10.0. The van der Waals surface area contributed by atoms with Crippen LogP contribution >= 0.6 is 0 Å². The van der Waals surface area contributed by atoms with Crippen molar-refractivity contribution >= 4 is 0 Å². The second-order valence-electron chi connectivity index (χ2n) is 11.2. The fraction of sp³-hybridized carbons (Fsp3) is 0.931. The molecule has 0 saturated carbocycles. The quantitative estimate of drug-likeness (QED) is 0.156. The second-order valence-corrected chi connectivity index (χ2v) is 11.2. The molecular weight excluding hydrogens is 376 g/mol. The molecule has 0 radical (unpaired) electrons. The van der Waals surface area contributed by atoms with Crippen molar-refractivity contribution in [1.29, 1.82) is 0 Å². The minimum atomic E-state index is 0.197. The Morgan fingerprint density at radius 3 is 1.10 bits per heavy atom. The molecular formula is C29H60N2. The second kappa shape index (κ2) is 20.1. The molecule has 0 unspecified atom stereocenters. The summed E-state index contributed by atoms with van der Waals surface area (Å²) in [6, 6.07) is 0. The highest BCUT2D eigenvalue weighted by molar-refractivity contribution is 4.97. The normalized spacial score (nSPS) is 12.0. The van der Waals surface area contributed by atoms with Gasteiger partial charge in [0.25, 0.3) is 0 Å². The summed E-state index contributed by atoms with van der Waals surface area (Å²) in [5.74, 6) is 0. The Morgan fingerprint density at radius 2 is 0.806 bits per heavy atom. The fourth-order valence-electron chi connectivity index (χ4n) is 4.23. The lowest BCUT2D eigenvalue weighted by Gasteiger charge is -2.35. The summed E-state index contributed by atoms with van der Waals surface area (Å²) in [6.07, 6.45) is 27.0. The van der Waals surface area contributed by atoms with Crippen molar-refractivity contribution < 1.29 is 0 Å². The molecule has 0 heterocycles. The summed E-state index contributed by atoms with van der Waals surface area (Å²) in [5.41, 5.74) is 1.49. The zero-order valence-corrected chi connectivity index (χ0v) is 22.7. The summed E-state index contributed by atoms with van der Waals surface area (Å²) in [7, 11) is 6.53. The van der Waals surface area contributed by atoms with Crippen molar-refractivity contribution in [3.05, 3.63) is 12.3 Å². The summed E-state index contributed by atoms with van der Waals surface area (Å²) in [6.45, 7) is 12.3. The molecule has 2 nitrogen and oxygen atoms in total. The number of unbranched alkanes of at least 4 members (excludes halogenated alkanes) is 17. The van der Waals surface area contributed by atoms with Crippen molar-refractivity contribution in [2.24, 2.45) is 0 Å². The lowest BCUT2D eigenvalue weighted by Crippen LogP contribution is -2.36. The molecule has 0 aromatic rings. The van der Waals surface area contributed by atoms with Crippen LogP contribution in [0.2, 0.25) is 0 Å².